The number of carbonyl (C=O) groups excluding carboxylic acids is 1. The van der Waals surface area contributed by atoms with Gasteiger partial charge in [0, 0.05) is 16.7 Å². The van der Waals surface area contributed by atoms with Gasteiger partial charge in [-0.2, -0.15) is 0 Å². The van der Waals surface area contributed by atoms with Gasteiger partial charge in [-0.05, 0) is 61.0 Å². The van der Waals surface area contributed by atoms with E-state index in [2.05, 4.69) is 9.97 Å². The molecule has 1 aromatic heterocycles. The van der Waals surface area contributed by atoms with Gasteiger partial charge in [-0.15, -0.1) is 0 Å². The zero-order valence-corrected chi connectivity index (χ0v) is 19.2. The molecule has 1 amide bonds. The summed E-state index contributed by atoms with van der Waals surface area (Å²) in [5.41, 5.74) is 13.2. The van der Waals surface area contributed by atoms with E-state index in [1.807, 2.05) is 0 Å². The fraction of sp³-hybridized carbons (Fsp3) is 0.0870. The molecule has 0 saturated heterocycles. The number of nitrogens with one attached hydrogen (secondary N) is 2. The highest BCUT2D eigenvalue weighted by Crippen LogP contribution is 2.43. The lowest BCUT2D eigenvalue weighted by Gasteiger charge is -2.16. The summed E-state index contributed by atoms with van der Waals surface area (Å²) in [6, 6.07) is 11.3. The highest BCUT2D eigenvalue weighted by atomic mass is 32.2. The molecule has 1 atom stereocenters. The smallest absolute Gasteiger partial charge is 0.238 e. The molecule has 10 N–H and O–H groups in total. The number of hydrogen-bond acceptors (Lipinski definition) is 7. The average Bonchev–Trinajstić information content (AvgIpc) is 3.21. The molecule has 0 bridgehead atoms. The Kier molecular flexibility index (Phi) is 5.71. The highest BCUT2D eigenvalue weighted by molar-refractivity contribution is 7.89. The lowest BCUT2D eigenvalue weighted by atomic mass is 9.91. The van der Waals surface area contributed by atoms with Crippen molar-refractivity contribution in [2.45, 2.75) is 17.7 Å². The molecule has 180 valence electrons. The second-order valence-corrected chi connectivity index (χ2v) is 9.61. The average molecular weight is 495 g/mol. The third-order valence-corrected chi connectivity index (χ3v) is 6.60. The van der Waals surface area contributed by atoms with E-state index in [4.69, 9.17) is 22.0 Å². The number of phenolic OH excluding ortho intramolecular Hbond substituents is 2. The van der Waals surface area contributed by atoms with Crippen LogP contribution in [0.25, 0.3) is 33.5 Å². The Morgan fingerprint density at radius 3 is 2.34 bits per heavy atom. The largest absolute Gasteiger partial charge is 0.507 e. The lowest BCUT2D eigenvalue weighted by molar-refractivity contribution is -0.119. The van der Waals surface area contributed by atoms with Gasteiger partial charge in [-0.1, -0.05) is 0 Å². The van der Waals surface area contributed by atoms with Crippen molar-refractivity contribution >= 4 is 32.8 Å². The van der Waals surface area contributed by atoms with Crippen molar-refractivity contribution in [2.75, 3.05) is 0 Å². The van der Waals surface area contributed by atoms with Crippen LogP contribution < -0.4 is 16.6 Å². The molecule has 12 heteroatoms. The van der Waals surface area contributed by atoms with Gasteiger partial charge in [0.25, 0.3) is 0 Å². The quantitative estimate of drug-likeness (QED) is 0.155. The van der Waals surface area contributed by atoms with Crippen LogP contribution in [-0.4, -0.2) is 40.3 Å². The summed E-state index contributed by atoms with van der Waals surface area (Å²) in [5.74, 6) is -1.98. The first-order valence-electron chi connectivity index (χ1n) is 10.2. The Hall–Kier alpha value is -4.42. The third kappa shape index (κ3) is 4.39. The SMILES string of the molecule is CC(C(N)=O)c1cc(-c2nc3ccc(C(=N)N)cc3[nH]2)c(O)c(-c2cc(S(N)(=O)=O)ccc2O)c1. The fourth-order valence-corrected chi connectivity index (χ4v) is 4.21. The Balaban J connectivity index is 2.00. The Labute approximate surface area is 199 Å². The third-order valence-electron chi connectivity index (χ3n) is 5.69. The van der Waals surface area contributed by atoms with Gasteiger partial charge in [-0.25, -0.2) is 18.5 Å². The molecular formula is C23H22N6O5S. The molecule has 1 unspecified atom stereocenters. The molecule has 4 rings (SSSR count). The Morgan fingerprint density at radius 1 is 1.03 bits per heavy atom. The molecule has 11 nitrogen and oxygen atoms in total. The first kappa shape index (κ1) is 23.7. The molecule has 1 heterocycles. The number of H-pyrrole nitrogens is 1. The highest BCUT2D eigenvalue weighted by Gasteiger charge is 2.23. The van der Waals surface area contributed by atoms with E-state index in [0.29, 0.717) is 22.2 Å². The number of primary sulfonamides is 1. The van der Waals surface area contributed by atoms with Gasteiger partial charge in [0.2, 0.25) is 15.9 Å². The minimum atomic E-state index is -4.11. The number of aromatic amines is 1. The number of nitrogen functional groups attached to an aromatic ring is 1. The molecule has 0 radical (unpaired) electrons. The van der Waals surface area contributed by atoms with E-state index in [1.165, 1.54) is 12.1 Å². The number of nitrogens with two attached hydrogens (primary N) is 3. The van der Waals surface area contributed by atoms with Crippen LogP contribution in [0, 0.1) is 5.41 Å². The second kappa shape index (κ2) is 8.42. The van der Waals surface area contributed by atoms with E-state index in [0.717, 1.165) is 18.2 Å². The number of aromatic hydroxyl groups is 2. The standard InChI is InChI=1S/C23H22N6O5S/c1-10(22(26)32)12-6-15(14-9-13(35(27,33)34)3-5-19(14)30)20(31)16(7-12)23-28-17-4-2-11(21(24)25)8-18(17)29-23/h2-10,30-31H,1H3,(H3,24,25)(H2,26,32)(H,28,29)(H2,27,33,34). The van der Waals surface area contributed by atoms with Crippen molar-refractivity contribution in [2.24, 2.45) is 16.6 Å². The molecule has 0 aliphatic rings. The Morgan fingerprint density at radius 2 is 1.71 bits per heavy atom. The number of rotatable bonds is 6. The lowest BCUT2D eigenvalue weighted by Crippen LogP contribution is -2.18. The number of imidazole rings is 1. The molecule has 0 aliphatic carbocycles. The number of aromatic nitrogens is 2. The van der Waals surface area contributed by atoms with E-state index in [9.17, 15) is 23.4 Å². The van der Waals surface area contributed by atoms with Gasteiger partial charge in [0.1, 0.15) is 23.2 Å². The fourth-order valence-electron chi connectivity index (χ4n) is 3.67. The van der Waals surface area contributed by atoms with Gasteiger partial charge in [-0.3, -0.25) is 10.2 Å². The maximum absolute atomic E-state index is 11.9. The zero-order chi connectivity index (χ0) is 25.7. The first-order valence-corrected chi connectivity index (χ1v) is 11.8. The number of amidine groups is 1. The first-order chi connectivity index (χ1) is 16.4. The van der Waals surface area contributed by atoms with Crippen LogP contribution in [0.2, 0.25) is 0 Å². The monoisotopic (exact) mass is 494 g/mol. The molecule has 0 spiro atoms. The number of primary amides is 1. The summed E-state index contributed by atoms with van der Waals surface area (Å²) < 4.78 is 23.7. The maximum atomic E-state index is 11.9. The molecule has 3 aromatic carbocycles. The molecule has 0 aliphatic heterocycles. The number of sulfonamides is 1. The number of benzene rings is 3. The molecule has 0 fully saturated rings. The van der Waals surface area contributed by atoms with E-state index in [-0.39, 0.29) is 44.7 Å². The summed E-state index contributed by atoms with van der Waals surface area (Å²) in [5, 5.41) is 34.5. The number of phenols is 2. The van der Waals surface area contributed by atoms with Crippen LogP contribution >= 0.6 is 0 Å². The molecular weight excluding hydrogens is 472 g/mol. The molecule has 35 heavy (non-hydrogen) atoms. The van der Waals surface area contributed by atoms with E-state index >= 15 is 0 Å². The van der Waals surface area contributed by atoms with Crippen LogP contribution in [-0.2, 0) is 14.8 Å². The summed E-state index contributed by atoms with van der Waals surface area (Å²) in [6.07, 6.45) is 0. The maximum Gasteiger partial charge on any atom is 0.238 e. The van der Waals surface area contributed by atoms with Gasteiger partial charge in [0.15, 0.2) is 0 Å². The minimum absolute atomic E-state index is 0.0243. The van der Waals surface area contributed by atoms with Crippen molar-refractivity contribution in [3.05, 3.63) is 59.7 Å². The van der Waals surface area contributed by atoms with Crippen LogP contribution in [0.3, 0.4) is 0 Å². The van der Waals surface area contributed by atoms with Crippen LogP contribution in [0.1, 0.15) is 24.0 Å². The van der Waals surface area contributed by atoms with Crippen molar-refractivity contribution < 1.29 is 23.4 Å². The predicted molar refractivity (Wildman–Crippen MR) is 130 cm³/mol. The van der Waals surface area contributed by atoms with Gasteiger partial charge >= 0.3 is 0 Å². The van der Waals surface area contributed by atoms with Crippen molar-refractivity contribution in [1.82, 2.24) is 9.97 Å². The van der Waals surface area contributed by atoms with E-state index in [1.54, 1.807) is 25.1 Å². The zero-order valence-electron chi connectivity index (χ0n) is 18.4. The summed E-state index contributed by atoms with van der Waals surface area (Å²) in [6.45, 7) is 1.57. The Bertz CT molecular complexity index is 1630. The van der Waals surface area contributed by atoms with Crippen molar-refractivity contribution in [3.63, 3.8) is 0 Å². The van der Waals surface area contributed by atoms with Crippen molar-refractivity contribution in [3.8, 4) is 34.0 Å². The van der Waals surface area contributed by atoms with Crippen molar-refractivity contribution in [1.29, 1.82) is 5.41 Å². The number of amides is 1. The summed E-state index contributed by atoms with van der Waals surface area (Å²) >= 11 is 0. The van der Waals surface area contributed by atoms with Gasteiger partial charge < -0.3 is 26.7 Å². The van der Waals surface area contributed by atoms with Crippen LogP contribution in [0.5, 0.6) is 11.5 Å². The normalized spacial score (nSPS) is 12.5. The minimum Gasteiger partial charge on any atom is -0.507 e. The number of nitrogens with zero attached hydrogens (tertiary/aromatic N) is 1. The number of carbonyl (C=O) groups is 1. The predicted octanol–water partition coefficient (Wildman–Crippen LogP) is 1.83. The number of hydrogen-bond donors (Lipinski definition) is 7. The summed E-state index contributed by atoms with van der Waals surface area (Å²) in [7, 11) is -4.11. The summed E-state index contributed by atoms with van der Waals surface area (Å²) in [4.78, 5) is 19.2. The van der Waals surface area contributed by atoms with Crippen LogP contribution in [0.15, 0.2) is 53.4 Å². The molecule has 4 aromatic rings. The van der Waals surface area contributed by atoms with Crippen LogP contribution in [0.4, 0.5) is 0 Å². The second-order valence-electron chi connectivity index (χ2n) is 8.04. The van der Waals surface area contributed by atoms with Gasteiger partial charge in [0.05, 0.1) is 27.4 Å². The van der Waals surface area contributed by atoms with E-state index < -0.39 is 21.8 Å². The molecule has 0 saturated carbocycles. The number of fused-ring (bicyclic) bond motifs is 1. The topological polar surface area (TPSA) is 222 Å².